The number of nitrogens with one attached hydrogen (secondary N) is 1. The van der Waals surface area contributed by atoms with Crippen molar-refractivity contribution in [1.29, 1.82) is 0 Å². The van der Waals surface area contributed by atoms with E-state index in [0.717, 1.165) is 24.8 Å². The molecule has 0 aromatic heterocycles. The number of benzene rings is 1. The highest BCUT2D eigenvalue weighted by Gasteiger charge is 2.53. The first-order valence-corrected chi connectivity index (χ1v) is 6.52. The molecule has 1 aromatic rings. The molecule has 1 saturated carbocycles. The zero-order chi connectivity index (χ0) is 12.8. The van der Waals surface area contributed by atoms with Gasteiger partial charge in [0.05, 0.1) is 5.56 Å². The minimum Gasteiger partial charge on any atom is -0.507 e. The van der Waals surface area contributed by atoms with Gasteiger partial charge in [0, 0.05) is 6.42 Å². The number of phenols is 1. The molecule has 3 N–H and O–H groups in total. The fraction of sp³-hybridized carbons (Fsp3) is 0.500. The molecule has 18 heavy (non-hydrogen) atoms. The second-order valence-electron chi connectivity index (χ2n) is 5.41. The van der Waals surface area contributed by atoms with Gasteiger partial charge in [-0.3, -0.25) is 0 Å². The molecule has 96 valence electrons. The van der Waals surface area contributed by atoms with Crippen molar-refractivity contribution in [3.05, 3.63) is 29.8 Å². The van der Waals surface area contributed by atoms with Crippen LogP contribution in [-0.2, 0) is 0 Å². The van der Waals surface area contributed by atoms with Crippen LogP contribution in [0, 0.1) is 0 Å². The molecule has 0 unspecified atom stereocenters. The lowest BCUT2D eigenvalue weighted by molar-refractivity contribution is -0.549. The van der Waals surface area contributed by atoms with Gasteiger partial charge in [0.1, 0.15) is 11.3 Å². The third-order valence-corrected chi connectivity index (χ3v) is 4.28. The summed E-state index contributed by atoms with van der Waals surface area (Å²) in [6, 6.07) is 7.16. The molecule has 0 bridgehead atoms. The molecule has 1 aliphatic heterocycles. The van der Waals surface area contributed by atoms with E-state index < -0.39 is 0 Å². The number of fused-ring (bicyclic) bond motifs is 1. The second-order valence-corrected chi connectivity index (χ2v) is 5.41. The van der Waals surface area contributed by atoms with E-state index in [2.05, 4.69) is 11.9 Å². The Bertz CT molecular complexity index is 500. The minimum absolute atomic E-state index is 0.219. The summed E-state index contributed by atoms with van der Waals surface area (Å²) in [5.74, 6) is 0.219. The molecule has 1 aromatic carbocycles. The first kappa shape index (κ1) is 11.7. The molecule has 1 heterocycles. The summed E-state index contributed by atoms with van der Waals surface area (Å²) < 4.78 is 0. The highest BCUT2D eigenvalue weighted by molar-refractivity contribution is 5.89. The Morgan fingerprint density at radius 2 is 2.11 bits per heavy atom. The first-order chi connectivity index (χ1) is 8.63. The van der Waals surface area contributed by atoms with E-state index in [-0.39, 0.29) is 17.5 Å². The van der Waals surface area contributed by atoms with Crippen molar-refractivity contribution >= 4 is 5.71 Å². The molecule has 0 amide bonds. The van der Waals surface area contributed by atoms with Crippen LogP contribution in [0.4, 0.5) is 0 Å². The van der Waals surface area contributed by atoms with Crippen molar-refractivity contribution in [3.63, 3.8) is 0 Å². The summed E-state index contributed by atoms with van der Waals surface area (Å²) in [5.41, 5.74) is 1.61. The SMILES string of the molecule is C[C@]12CCCCC1=[NH+][C@@H](c1ccccc1O)N2O. The maximum absolute atomic E-state index is 10.5. The van der Waals surface area contributed by atoms with Gasteiger partial charge >= 0.3 is 0 Å². The standard InChI is InChI=1S/C14H18N2O2/c1-14-9-5-4-8-12(14)15-13(16(14)18)10-6-2-3-7-11(10)17/h2-3,6-7,13,17-18H,4-5,8-9H2,1H3/p+1/t13-,14+/m1/s1. The van der Waals surface area contributed by atoms with Crippen LogP contribution >= 0.6 is 0 Å². The van der Waals surface area contributed by atoms with Crippen molar-refractivity contribution in [2.75, 3.05) is 0 Å². The average molecular weight is 247 g/mol. The highest BCUT2D eigenvalue weighted by atomic mass is 16.5. The van der Waals surface area contributed by atoms with Crippen molar-refractivity contribution in [1.82, 2.24) is 5.06 Å². The van der Waals surface area contributed by atoms with E-state index in [1.807, 2.05) is 12.1 Å². The predicted octanol–water partition coefficient (Wildman–Crippen LogP) is 0.950. The van der Waals surface area contributed by atoms with E-state index in [0.29, 0.717) is 0 Å². The molecule has 0 spiro atoms. The van der Waals surface area contributed by atoms with Crippen LogP contribution in [0.1, 0.15) is 44.3 Å². The molecule has 3 rings (SSSR count). The zero-order valence-electron chi connectivity index (χ0n) is 10.6. The Kier molecular flexibility index (Phi) is 2.64. The number of nitrogens with zero attached hydrogens (tertiary/aromatic N) is 1. The highest BCUT2D eigenvalue weighted by Crippen LogP contribution is 2.36. The molecular formula is C14H19N2O2+. The molecule has 1 aliphatic carbocycles. The van der Waals surface area contributed by atoms with Crippen LogP contribution in [0.15, 0.2) is 24.3 Å². The van der Waals surface area contributed by atoms with Gasteiger partial charge in [0.25, 0.3) is 6.17 Å². The molecule has 2 atom stereocenters. The quantitative estimate of drug-likeness (QED) is 0.692. The molecule has 4 nitrogen and oxygen atoms in total. The Morgan fingerprint density at radius 1 is 1.33 bits per heavy atom. The summed E-state index contributed by atoms with van der Waals surface area (Å²) in [7, 11) is 0. The van der Waals surface area contributed by atoms with Crippen LogP contribution in [0.3, 0.4) is 0 Å². The van der Waals surface area contributed by atoms with Crippen molar-refractivity contribution in [2.24, 2.45) is 0 Å². The molecule has 0 saturated heterocycles. The lowest BCUT2D eigenvalue weighted by Gasteiger charge is -2.32. The summed E-state index contributed by atoms with van der Waals surface area (Å²) in [4.78, 5) is 3.37. The Labute approximate surface area is 107 Å². The fourth-order valence-corrected chi connectivity index (χ4v) is 3.11. The number of aromatic hydroxyl groups is 1. The number of hydrogen-bond donors (Lipinski definition) is 3. The van der Waals surface area contributed by atoms with E-state index in [9.17, 15) is 10.3 Å². The summed E-state index contributed by atoms with van der Waals surface area (Å²) in [6.45, 7) is 2.06. The summed E-state index contributed by atoms with van der Waals surface area (Å²) >= 11 is 0. The molecule has 4 heteroatoms. The van der Waals surface area contributed by atoms with Crippen molar-refractivity contribution in [3.8, 4) is 5.75 Å². The van der Waals surface area contributed by atoms with Gasteiger partial charge in [-0.2, -0.15) is 0 Å². The van der Waals surface area contributed by atoms with Crippen LogP contribution < -0.4 is 4.99 Å². The summed E-state index contributed by atoms with van der Waals surface area (Å²) in [6.07, 6.45) is 3.91. The zero-order valence-corrected chi connectivity index (χ0v) is 10.6. The maximum Gasteiger partial charge on any atom is 0.259 e. The van der Waals surface area contributed by atoms with Crippen molar-refractivity contribution < 1.29 is 15.3 Å². The number of para-hydroxylation sites is 1. The van der Waals surface area contributed by atoms with E-state index in [1.54, 1.807) is 12.1 Å². The third-order valence-electron chi connectivity index (χ3n) is 4.28. The van der Waals surface area contributed by atoms with Gasteiger partial charge in [-0.15, -0.1) is 5.06 Å². The van der Waals surface area contributed by atoms with Crippen LogP contribution in [0.25, 0.3) is 0 Å². The second kappa shape index (κ2) is 4.07. The van der Waals surface area contributed by atoms with E-state index in [4.69, 9.17) is 0 Å². The number of hydroxylamine groups is 2. The monoisotopic (exact) mass is 247 g/mol. The van der Waals surface area contributed by atoms with Gasteiger partial charge in [0.15, 0.2) is 5.71 Å². The Hall–Kier alpha value is -1.39. The predicted molar refractivity (Wildman–Crippen MR) is 67.3 cm³/mol. The molecule has 0 radical (unpaired) electrons. The third kappa shape index (κ3) is 1.56. The van der Waals surface area contributed by atoms with E-state index >= 15 is 0 Å². The average Bonchev–Trinajstić information content (AvgIpc) is 2.63. The van der Waals surface area contributed by atoms with Gasteiger partial charge < -0.3 is 10.3 Å². The van der Waals surface area contributed by atoms with Gasteiger partial charge in [-0.25, -0.2) is 4.99 Å². The number of hydrogen-bond acceptors (Lipinski definition) is 3. The van der Waals surface area contributed by atoms with Crippen molar-refractivity contribution in [2.45, 2.75) is 44.3 Å². The van der Waals surface area contributed by atoms with E-state index in [1.165, 1.54) is 17.2 Å². The fourth-order valence-electron chi connectivity index (χ4n) is 3.11. The lowest BCUT2D eigenvalue weighted by atomic mass is 9.82. The number of rotatable bonds is 1. The minimum atomic E-state index is -0.343. The molecule has 2 aliphatic rings. The smallest absolute Gasteiger partial charge is 0.259 e. The van der Waals surface area contributed by atoms with Crippen LogP contribution in [0.5, 0.6) is 5.75 Å². The van der Waals surface area contributed by atoms with Gasteiger partial charge in [0.2, 0.25) is 0 Å². The van der Waals surface area contributed by atoms with Gasteiger partial charge in [-0.05, 0) is 31.9 Å². The first-order valence-electron chi connectivity index (χ1n) is 6.52. The lowest BCUT2D eigenvalue weighted by Crippen LogP contribution is -2.73. The molecule has 1 fully saturated rings. The number of phenolic OH excluding ortho intramolecular Hbond substituents is 1. The largest absolute Gasteiger partial charge is 0.507 e. The maximum atomic E-state index is 10.5. The normalized spacial score (nSPS) is 32.1. The van der Waals surface area contributed by atoms with Gasteiger partial charge in [-0.1, -0.05) is 18.6 Å². The molecular weight excluding hydrogens is 228 g/mol. The van der Waals surface area contributed by atoms with Crippen LogP contribution in [-0.4, -0.2) is 26.6 Å². The Balaban J connectivity index is 2.01. The Morgan fingerprint density at radius 3 is 2.83 bits per heavy atom. The van der Waals surface area contributed by atoms with Crippen LogP contribution in [0.2, 0.25) is 0 Å². The topological polar surface area (TPSA) is 57.7 Å². The summed E-state index contributed by atoms with van der Waals surface area (Å²) in [5, 5.41) is 21.8.